The second-order valence-corrected chi connectivity index (χ2v) is 10.4. The summed E-state index contributed by atoms with van der Waals surface area (Å²) in [6, 6.07) is 4.31. The summed E-state index contributed by atoms with van der Waals surface area (Å²) in [6.45, 7) is 4.16. The average Bonchev–Trinajstić information content (AvgIpc) is 2.81. The first-order valence-corrected chi connectivity index (χ1v) is 12.7. The Labute approximate surface area is 211 Å². The third kappa shape index (κ3) is 7.29. The lowest BCUT2D eigenvalue weighted by atomic mass is 9.95. The van der Waals surface area contributed by atoms with E-state index in [1.165, 1.54) is 0 Å². The van der Waals surface area contributed by atoms with Crippen LogP contribution in [0.4, 0.5) is 5.82 Å². The van der Waals surface area contributed by atoms with Gasteiger partial charge in [-0.15, -0.1) is 24.0 Å². The topological polar surface area (TPSA) is 113 Å². The van der Waals surface area contributed by atoms with Gasteiger partial charge in [-0.05, 0) is 38.2 Å². The number of hydrogen-bond acceptors (Lipinski definition) is 5. The van der Waals surface area contributed by atoms with Gasteiger partial charge in [0.2, 0.25) is 5.91 Å². The molecule has 1 aromatic heterocycles. The molecule has 2 fully saturated rings. The molecule has 8 nitrogen and oxygen atoms in total. The van der Waals surface area contributed by atoms with E-state index >= 15 is 0 Å². The number of hydrogen-bond donors (Lipinski definition) is 3. The van der Waals surface area contributed by atoms with E-state index in [1.807, 2.05) is 19.2 Å². The van der Waals surface area contributed by atoms with Gasteiger partial charge in [-0.3, -0.25) is 14.0 Å². The van der Waals surface area contributed by atoms with Gasteiger partial charge in [0.05, 0.1) is 0 Å². The number of anilines is 1. The summed E-state index contributed by atoms with van der Waals surface area (Å²) >= 11 is 0. The smallest absolute Gasteiger partial charge is 0.220 e. The minimum absolute atomic E-state index is 0. The van der Waals surface area contributed by atoms with E-state index in [0.717, 1.165) is 74.7 Å². The van der Waals surface area contributed by atoms with Crippen LogP contribution in [0.25, 0.3) is 0 Å². The Balaban J connectivity index is 0.00000363. The van der Waals surface area contributed by atoms with Crippen molar-refractivity contribution in [3.05, 3.63) is 23.9 Å². The van der Waals surface area contributed by atoms with Gasteiger partial charge in [0.15, 0.2) is 5.96 Å². The molecule has 0 spiro atoms. The van der Waals surface area contributed by atoms with E-state index in [-0.39, 0.29) is 41.1 Å². The number of aliphatic imine (C=N–C) groups is 1. The quantitative estimate of drug-likeness (QED) is 0.261. The maximum Gasteiger partial charge on any atom is 0.220 e. The van der Waals surface area contributed by atoms with Gasteiger partial charge in [-0.1, -0.05) is 19.4 Å². The molecule has 0 radical (unpaired) electrons. The van der Waals surface area contributed by atoms with E-state index in [0.29, 0.717) is 12.6 Å². The molecule has 2 aliphatic rings. The van der Waals surface area contributed by atoms with Gasteiger partial charge in [-0.25, -0.2) is 4.98 Å². The van der Waals surface area contributed by atoms with E-state index in [4.69, 9.17) is 5.73 Å². The van der Waals surface area contributed by atoms with Gasteiger partial charge in [0.1, 0.15) is 5.82 Å². The number of carbonyl (C=O) groups is 1. The van der Waals surface area contributed by atoms with E-state index in [2.05, 4.69) is 31.6 Å². The van der Waals surface area contributed by atoms with Gasteiger partial charge in [0.25, 0.3) is 0 Å². The van der Waals surface area contributed by atoms with Crippen LogP contribution in [0.1, 0.15) is 51.0 Å². The summed E-state index contributed by atoms with van der Waals surface area (Å²) in [5.41, 5.74) is 6.56. The number of piperidine rings is 1. The maximum absolute atomic E-state index is 12.2. The summed E-state index contributed by atoms with van der Waals surface area (Å²) in [5.74, 6) is 2.20. The minimum atomic E-state index is -0.739. The van der Waals surface area contributed by atoms with Crippen molar-refractivity contribution < 1.29 is 9.00 Å². The Hall–Kier alpha value is -1.43. The number of rotatable bonds is 7. The van der Waals surface area contributed by atoms with Crippen LogP contribution in [-0.4, -0.2) is 58.2 Å². The number of primary amides is 1. The fourth-order valence-electron chi connectivity index (χ4n) is 4.55. The molecule has 3 atom stereocenters. The Morgan fingerprint density at radius 2 is 2.06 bits per heavy atom. The Morgan fingerprint density at radius 3 is 2.72 bits per heavy atom. The molecule has 180 valence electrons. The largest absolute Gasteiger partial charge is 0.369 e. The molecule has 4 N–H and O–H groups in total. The third-order valence-electron chi connectivity index (χ3n) is 6.36. The predicted octanol–water partition coefficient (Wildman–Crippen LogP) is 2.15. The highest BCUT2D eigenvalue weighted by atomic mass is 127. The van der Waals surface area contributed by atoms with E-state index < -0.39 is 10.8 Å². The van der Waals surface area contributed by atoms with Crippen molar-refractivity contribution in [1.82, 2.24) is 15.6 Å². The molecule has 1 aromatic rings. The highest BCUT2D eigenvalue weighted by Gasteiger charge is 2.27. The zero-order valence-electron chi connectivity index (χ0n) is 19.1. The Bertz CT molecular complexity index is 800. The highest BCUT2D eigenvalue weighted by Crippen LogP contribution is 2.25. The standard InChI is InChI=1S/C22H36N6O2S.HI/c1-3-31(30)19-8-4-7-18(14-19)27-22(24-2)26-15-17-6-5-11-25-21(17)28-12-9-16(10-13-28)20(23)29;/h5-6,11,16,18-19H,3-4,7-10,12-15H2,1-2H3,(H2,23,29)(H2,24,26,27);1H. The first-order valence-electron chi connectivity index (χ1n) is 11.3. The zero-order chi connectivity index (χ0) is 22.2. The van der Waals surface area contributed by atoms with Crippen LogP contribution in [0, 0.1) is 5.92 Å². The van der Waals surface area contributed by atoms with Gasteiger partial charge in [-0.2, -0.15) is 0 Å². The monoisotopic (exact) mass is 576 g/mol. The molecule has 3 unspecified atom stereocenters. The number of nitrogens with zero attached hydrogens (tertiary/aromatic N) is 3. The third-order valence-corrected chi connectivity index (χ3v) is 8.10. The average molecular weight is 577 g/mol. The molecular formula is C22H37IN6O2S. The van der Waals surface area contributed by atoms with Crippen LogP contribution in [-0.2, 0) is 22.1 Å². The Morgan fingerprint density at radius 1 is 1.31 bits per heavy atom. The van der Waals surface area contributed by atoms with Crippen molar-refractivity contribution in [2.75, 3.05) is 30.8 Å². The fourth-order valence-corrected chi connectivity index (χ4v) is 5.89. The van der Waals surface area contributed by atoms with Crippen LogP contribution >= 0.6 is 24.0 Å². The molecule has 1 aliphatic heterocycles. The predicted molar refractivity (Wildman–Crippen MR) is 142 cm³/mol. The number of guanidine groups is 1. The highest BCUT2D eigenvalue weighted by molar-refractivity contribution is 14.0. The van der Waals surface area contributed by atoms with Gasteiger partial charge < -0.3 is 21.3 Å². The number of nitrogens with two attached hydrogens (primary N) is 1. The lowest BCUT2D eigenvalue weighted by molar-refractivity contribution is -0.122. The summed E-state index contributed by atoms with van der Waals surface area (Å²) < 4.78 is 12.2. The number of carbonyl (C=O) groups excluding carboxylic acids is 1. The summed E-state index contributed by atoms with van der Waals surface area (Å²) in [4.78, 5) is 22.7. The lowest BCUT2D eigenvalue weighted by Gasteiger charge is -2.33. The molecular weight excluding hydrogens is 539 g/mol. The van der Waals surface area contributed by atoms with E-state index in [9.17, 15) is 9.00 Å². The number of nitrogens with one attached hydrogen (secondary N) is 2. The van der Waals surface area contributed by atoms with Crippen LogP contribution in [0.5, 0.6) is 0 Å². The van der Waals surface area contributed by atoms with Crippen molar-refractivity contribution in [3.63, 3.8) is 0 Å². The summed E-state index contributed by atoms with van der Waals surface area (Å²) in [7, 11) is 1.04. The number of aromatic nitrogens is 1. The van der Waals surface area contributed by atoms with Crippen molar-refractivity contribution in [2.24, 2.45) is 16.6 Å². The van der Waals surface area contributed by atoms with Gasteiger partial charge >= 0.3 is 0 Å². The van der Waals surface area contributed by atoms with Gasteiger partial charge in [0, 0.05) is 72.2 Å². The molecule has 1 saturated carbocycles. The molecule has 0 aromatic carbocycles. The maximum atomic E-state index is 12.2. The fraction of sp³-hybridized carbons (Fsp3) is 0.682. The number of amides is 1. The van der Waals surface area contributed by atoms with Crippen molar-refractivity contribution >= 4 is 52.5 Å². The summed E-state index contributed by atoms with van der Waals surface area (Å²) in [5, 5.41) is 7.22. The van der Waals surface area contributed by atoms with Crippen molar-refractivity contribution in [1.29, 1.82) is 0 Å². The number of pyridine rings is 1. The van der Waals surface area contributed by atoms with Crippen LogP contribution in [0.3, 0.4) is 0 Å². The molecule has 1 aliphatic carbocycles. The normalized spacial score (nSPS) is 23.2. The number of halogens is 1. The van der Waals surface area contributed by atoms with Crippen LogP contribution < -0.4 is 21.3 Å². The molecule has 1 amide bonds. The van der Waals surface area contributed by atoms with Crippen LogP contribution in [0.2, 0.25) is 0 Å². The molecule has 3 rings (SSSR count). The SMILES string of the molecule is CCS(=O)C1CCCC(NC(=NC)NCc2cccnc2N2CCC(C(N)=O)CC2)C1.I. The van der Waals surface area contributed by atoms with Crippen molar-refractivity contribution in [2.45, 2.75) is 63.3 Å². The minimum Gasteiger partial charge on any atom is -0.369 e. The lowest BCUT2D eigenvalue weighted by Crippen LogP contribution is -2.46. The second kappa shape index (κ2) is 13.3. The molecule has 1 saturated heterocycles. The molecule has 0 bridgehead atoms. The first kappa shape index (κ1) is 26.8. The first-order chi connectivity index (χ1) is 15.0. The zero-order valence-corrected chi connectivity index (χ0v) is 22.2. The molecule has 2 heterocycles. The molecule has 10 heteroatoms. The Kier molecular flexibility index (Phi) is 11.2. The second-order valence-electron chi connectivity index (χ2n) is 8.37. The van der Waals surface area contributed by atoms with E-state index in [1.54, 1.807) is 7.05 Å². The van der Waals surface area contributed by atoms with Crippen molar-refractivity contribution in [3.8, 4) is 0 Å². The summed E-state index contributed by atoms with van der Waals surface area (Å²) in [6.07, 6.45) is 7.49. The molecule has 32 heavy (non-hydrogen) atoms. The van der Waals surface area contributed by atoms with Crippen LogP contribution in [0.15, 0.2) is 23.3 Å².